The second kappa shape index (κ2) is 9.32. The van der Waals surface area contributed by atoms with Crippen LogP contribution >= 0.6 is 0 Å². The number of phenols is 1. The first-order valence-electron chi connectivity index (χ1n) is 13.2. The lowest BCUT2D eigenvalue weighted by molar-refractivity contribution is -0.138. The molecular formula is C29H36N4O6. The lowest BCUT2D eigenvalue weighted by atomic mass is 9.56. The van der Waals surface area contributed by atoms with E-state index < -0.39 is 58.0 Å². The summed E-state index contributed by atoms with van der Waals surface area (Å²) in [5.74, 6) is -4.17. The molecule has 39 heavy (non-hydrogen) atoms. The van der Waals surface area contributed by atoms with Crippen molar-refractivity contribution in [2.75, 3.05) is 27.7 Å². The molecule has 7 N–H and O–H groups in total. The molecule has 0 bridgehead atoms. The number of carbonyl (C=O) groups is 2. The Kier molecular flexibility index (Phi) is 6.48. The maximum atomic E-state index is 14.1. The van der Waals surface area contributed by atoms with Gasteiger partial charge in [0.25, 0.3) is 5.91 Å². The molecule has 0 unspecified atom stereocenters. The second-order valence-electron chi connectivity index (χ2n) is 11.6. The Hall–Kier alpha value is -3.47. The average molecular weight is 537 g/mol. The minimum absolute atomic E-state index is 0.0673. The van der Waals surface area contributed by atoms with E-state index in [0.717, 1.165) is 24.0 Å². The normalized spacial score (nSPS) is 28.5. The number of ketones is 1. The molecule has 4 aliphatic rings. The maximum absolute atomic E-state index is 14.1. The van der Waals surface area contributed by atoms with Crippen LogP contribution in [0.15, 0.2) is 35.6 Å². The summed E-state index contributed by atoms with van der Waals surface area (Å²) in [5.41, 5.74) is 4.20. The molecule has 208 valence electrons. The van der Waals surface area contributed by atoms with Crippen molar-refractivity contribution in [2.45, 2.75) is 49.8 Å². The lowest BCUT2D eigenvalue weighted by Crippen LogP contribution is -2.67. The number of aliphatic hydroxyl groups is 3. The molecule has 4 atom stereocenters. The maximum Gasteiger partial charge on any atom is 0.254 e. The largest absolute Gasteiger partial charge is 0.510 e. The van der Waals surface area contributed by atoms with Crippen molar-refractivity contribution in [3.63, 3.8) is 0 Å². The van der Waals surface area contributed by atoms with Crippen molar-refractivity contribution in [2.24, 2.45) is 17.6 Å². The first-order valence-corrected chi connectivity index (χ1v) is 13.2. The third-order valence-electron chi connectivity index (χ3n) is 8.79. The van der Waals surface area contributed by atoms with Gasteiger partial charge in [-0.2, -0.15) is 0 Å². The van der Waals surface area contributed by atoms with E-state index in [9.17, 15) is 30.0 Å². The van der Waals surface area contributed by atoms with Crippen molar-refractivity contribution in [3.8, 4) is 5.75 Å². The number of aromatic hydroxyl groups is 1. The van der Waals surface area contributed by atoms with Gasteiger partial charge in [0.05, 0.1) is 17.3 Å². The van der Waals surface area contributed by atoms with E-state index in [2.05, 4.69) is 6.58 Å². The van der Waals surface area contributed by atoms with Crippen LogP contribution in [0.2, 0.25) is 0 Å². The van der Waals surface area contributed by atoms with Gasteiger partial charge in [0.2, 0.25) is 5.78 Å². The van der Waals surface area contributed by atoms with Gasteiger partial charge in [-0.3, -0.25) is 19.4 Å². The van der Waals surface area contributed by atoms with E-state index in [-0.39, 0.29) is 23.3 Å². The number of aliphatic hydroxyl groups excluding tert-OH is 2. The van der Waals surface area contributed by atoms with Gasteiger partial charge in [-0.1, -0.05) is 12.1 Å². The summed E-state index contributed by atoms with van der Waals surface area (Å²) in [7, 11) is 5.18. The van der Waals surface area contributed by atoms with E-state index >= 15 is 0 Å². The number of nitrogens with two attached hydrogens (primary N) is 1. The van der Waals surface area contributed by atoms with Crippen LogP contribution in [0.4, 0.5) is 0 Å². The molecule has 0 saturated heterocycles. The predicted octanol–water partition coefficient (Wildman–Crippen LogP) is 1.91. The number of primary amides is 1. The molecule has 10 heteroatoms. The third-order valence-corrected chi connectivity index (χ3v) is 8.79. The molecule has 5 rings (SSSR count). The van der Waals surface area contributed by atoms with Crippen molar-refractivity contribution in [1.29, 1.82) is 5.41 Å². The third kappa shape index (κ3) is 3.92. The van der Waals surface area contributed by atoms with Gasteiger partial charge in [-0.15, -0.1) is 6.58 Å². The highest BCUT2D eigenvalue weighted by atomic mass is 16.3. The van der Waals surface area contributed by atoms with E-state index in [1.807, 2.05) is 18.0 Å². The van der Waals surface area contributed by atoms with Crippen LogP contribution < -0.4 is 5.73 Å². The van der Waals surface area contributed by atoms with Crippen LogP contribution in [0.5, 0.6) is 5.75 Å². The zero-order valence-corrected chi connectivity index (χ0v) is 22.5. The van der Waals surface area contributed by atoms with Gasteiger partial charge in [-0.25, -0.2) is 0 Å². The topological polar surface area (TPSA) is 171 Å². The fourth-order valence-electron chi connectivity index (χ4n) is 6.91. The standard InChI is InChI=1S/C29H36N4O6/c1-5-8-33(4)12-15-10-16(13-6-7-13)17-9-14-11-18-22(32(2)3)25(36)21(28(31)38)26(30)29(18,39)27(37)19(14)24(35)20(17)23(15)34/h5,10,13-14,18,22,30,34-36,39H,1,6-9,11-12H2,2-4H3,(H2,31,38)/t14-,18-,22-,29+/m0/s1. The Morgan fingerprint density at radius 1 is 1.23 bits per heavy atom. The van der Waals surface area contributed by atoms with E-state index in [1.54, 1.807) is 25.1 Å². The van der Waals surface area contributed by atoms with Crippen LogP contribution in [0, 0.1) is 17.2 Å². The summed E-state index contributed by atoms with van der Waals surface area (Å²) in [4.78, 5) is 29.9. The van der Waals surface area contributed by atoms with Gasteiger partial charge in [0.15, 0.2) is 5.60 Å². The molecule has 1 amide bonds. The number of benzene rings is 1. The minimum atomic E-state index is -2.49. The summed E-state index contributed by atoms with van der Waals surface area (Å²) in [6, 6.07) is 1.05. The second-order valence-corrected chi connectivity index (χ2v) is 11.6. The number of rotatable bonds is 7. The SMILES string of the molecule is C=CCN(C)Cc1cc(C2CC2)c2c(c1O)C(O)=C1C(=O)[C@]3(O)C(=N)C(C(N)=O)=C(O)[C@@H](N(C)C)[C@@H]3C[C@@H]1C2. The van der Waals surface area contributed by atoms with Crippen molar-refractivity contribution in [3.05, 3.63) is 57.9 Å². The zero-order chi connectivity index (χ0) is 28.5. The smallest absolute Gasteiger partial charge is 0.254 e. The number of amides is 1. The van der Waals surface area contributed by atoms with Crippen molar-refractivity contribution < 1.29 is 30.0 Å². The summed E-state index contributed by atoms with van der Waals surface area (Å²) in [5, 5.41) is 54.4. The molecule has 0 radical (unpaired) electrons. The van der Waals surface area contributed by atoms with Crippen molar-refractivity contribution >= 4 is 23.2 Å². The van der Waals surface area contributed by atoms with Crippen LogP contribution in [-0.4, -0.2) is 87.0 Å². The van der Waals surface area contributed by atoms with Gasteiger partial charge in [0, 0.05) is 30.1 Å². The molecular weight excluding hydrogens is 500 g/mol. The number of likely N-dealkylation sites (N-methyl/N-ethyl adjacent to an activating group) is 2. The fraction of sp³-hybridized carbons (Fsp3) is 0.483. The number of fused-ring (bicyclic) bond motifs is 3. The average Bonchev–Trinajstić information content (AvgIpc) is 3.68. The summed E-state index contributed by atoms with van der Waals surface area (Å²) >= 11 is 0. The zero-order valence-electron chi connectivity index (χ0n) is 22.5. The number of phenolic OH excluding ortho intramolecular Hbond substituents is 1. The Morgan fingerprint density at radius 2 is 1.90 bits per heavy atom. The minimum Gasteiger partial charge on any atom is -0.510 e. The fourth-order valence-corrected chi connectivity index (χ4v) is 6.91. The highest BCUT2D eigenvalue weighted by molar-refractivity contribution is 6.33. The highest BCUT2D eigenvalue weighted by Gasteiger charge is 2.63. The highest BCUT2D eigenvalue weighted by Crippen LogP contribution is 2.55. The molecule has 2 saturated carbocycles. The molecule has 0 spiro atoms. The quantitative estimate of drug-likeness (QED) is 0.287. The molecule has 1 aromatic rings. The molecule has 0 heterocycles. The van der Waals surface area contributed by atoms with Crippen LogP contribution in [-0.2, 0) is 22.6 Å². The molecule has 1 aromatic carbocycles. The van der Waals surface area contributed by atoms with E-state index in [0.29, 0.717) is 31.0 Å². The van der Waals surface area contributed by atoms with Gasteiger partial charge >= 0.3 is 0 Å². The number of Topliss-reactive ketones (excluding diaryl/α,β-unsaturated/α-hetero) is 1. The number of hydrogen-bond acceptors (Lipinski definition) is 9. The van der Waals surface area contributed by atoms with Crippen LogP contribution in [0.1, 0.15) is 47.4 Å². The molecule has 2 fully saturated rings. The molecule has 10 nitrogen and oxygen atoms in total. The van der Waals surface area contributed by atoms with Gasteiger partial charge in [-0.05, 0) is 69.8 Å². The predicted molar refractivity (Wildman–Crippen MR) is 145 cm³/mol. The number of nitrogens with one attached hydrogen (secondary N) is 1. The summed E-state index contributed by atoms with van der Waals surface area (Å²) in [6.07, 6.45) is 4.27. The Balaban J connectivity index is 1.69. The van der Waals surface area contributed by atoms with Gasteiger partial charge in [0.1, 0.15) is 22.8 Å². The number of hydrogen-bond donors (Lipinski definition) is 6. The Labute approximate surface area is 227 Å². The van der Waals surface area contributed by atoms with Crippen molar-refractivity contribution in [1.82, 2.24) is 9.80 Å². The first-order chi connectivity index (χ1) is 18.3. The van der Waals surface area contributed by atoms with Gasteiger partial charge < -0.3 is 31.6 Å². The Bertz CT molecular complexity index is 1370. The summed E-state index contributed by atoms with van der Waals surface area (Å²) in [6.45, 7) is 4.75. The number of nitrogens with zero attached hydrogens (tertiary/aromatic N) is 2. The molecule has 0 aromatic heterocycles. The molecule has 0 aliphatic heterocycles. The van der Waals surface area contributed by atoms with E-state index in [1.165, 1.54) is 0 Å². The number of carbonyl (C=O) groups excluding carboxylic acids is 2. The van der Waals surface area contributed by atoms with E-state index in [4.69, 9.17) is 11.1 Å². The Morgan fingerprint density at radius 3 is 2.46 bits per heavy atom. The monoisotopic (exact) mass is 536 g/mol. The lowest BCUT2D eigenvalue weighted by Gasteiger charge is -2.51. The van der Waals surface area contributed by atoms with Crippen LogP contribution in [0.3, 0.4) is 0 Å². The summed E-state index contributed by atoms with van der Waals surface area (Å²) < 4.78 is 0. The molecule has 4 aliphatic carbocycles. The first kappa shape index (κ1) is 27.1. The van der Waals surface area contributed by atoms with Crippen LogP contribution in [0.25, 0.3) is 5.76 Å².